The van der Waals surface area contributed by atoms with Crippen LogP contribution in [0.3, 0.4) is 0 Å². The van der Waals surface area contributed by atoms with Crippen molar-refractivity contribution >= 4 is 27.3 Å². The molecule has 17 heavy (non-hydrogen) atoms. The van der Waals surface area contributed by atoms with E-state index in [9.17, 15) is 0 Å². The molecule has 90 valence electrons. The van der Waals surface area contributed by atoms with Crippen LogP contribution in [-0.2, 0) is 0 Å². The molecule has 0 saturated carbocycles. The summed E-state index contributed by atoms with van der Waals surface area (Å²) in [6.45, 7) is 4.31. The molecule has 0 spiro atoms. The molecule has 0 aliphatic carbocycles. The van der Waals surface area contributed by atoms with Gasteiger partial charge in [-0.15, -0.1) is 11.3 Å². The third kappa shape index (κ3) is 3.15. The van der Waals surface area contributed by atoms with Crippen molar-refractivity contribution < 1.29 is 0 Å². The Kier molecular flexibility index (Phi) is 4.31. The molecule has 1 aromatic carbocycles. The maximum absolute atomic E-state index is 4.33. The average molecular weight is 311 g/mol. The number of benzene rings is 1. The second-order valence-corrected chi connectivity index (χ2v) is 5.62. The zero-order valence-corrected chi connectivity index (χ0v) is 12.3. The van der Waals surface area contributed by atoms with Crippen LogP contribution in [0.4, 0.5) is 0 Å². The van der Waals surface area contributed by atoms with Gasteiger partial charge in [0.1, 0.15) is 0 Å². The molecule has 2 rings (SSSR count). The van der Waals surface area contributed by atoms with Crippen molar-refractivity contribution in [2.75, 3.05) is 0 Å². The van der Waals surface area contributed by atoms with Crippen molar-refractivity contribution in [3.05, 3.63) is 50.9 Å². The predicted octanol–water partition coefficient (Wildman–Crippen LogP) is 4.32. The van der Waals surface area contributed by atoms with Crippen LogP contribution < -0.4 is 5.32 Å². The minimum Gasteiger partial charge on any atom is -0.302 e. The first-order chi connectivity index (χ1) is 8.18. The summed E-state index contributed by atoms with van der Waals surface area (Å²) in [4.78, 5) is 4.33. The molecule has 2 nitrogen and oxygen atoms in total. The molecule has 0 radical (unpaired) electrons. The molecule has 0 fully saturated rings. The fourth-order valence-corrected chi connectivity index (χ4v) is 3.09. The monoisotopic (exact) mass is 310 g/mol. The van der Waals surface area contributed by atoms with Gasteiger partial charge in [-0.1, -0.05) is 34.1 Å². The van der Waals surface area contributed by atoms with Gasteiger partial charge in [0.15, 0.2) is 0 Å². The van der Waals surface area contributed by atoms with E-state index in [4.69, 9.17) is 0 Å². The van der Waals surface area contributed by atoms with Crippen LogP contribution in [0.25, 0.3) is 0 Å². The van der Waals surface area contributed by atoms with E-state index < -0.39 is 0 Å². The SMILES string of the molecule is CC(N[C@@H](C)c1ccccc1Br)c1cscn1. The summed E-state index contributed by atoms with van der Waals surface area (Å²) in [5.74, 6) is 0. The number of rotatable bonds is 4. The third-order valence-electron chi connectivity index (χ3n) is 2.77. The van der Waals surface area contributed by atoms with Gasteiger partial charge < -0.3 is 5.32 Å². The summed E-state index contributed by atoms with van der Waals surface area (Å²) < 4.78 is 1.14. The lowest BCUT2D eigenvalue weighted by Gasteiger charge is -2.20. The van der Waals surface area contributed by atoms with Gasteiger partial charge in [0.05, 0.1) is 11.2 Å². The zero-order chi connectivity index (χ0) is 12.3. The Hall–Kier alpha value is -0.710. The molecular weight excluding hydrogens is 296 g/mol. The van der Waals surface area contributed by atoms with Gasteiger partial charge in [-0.3, -0.25) is 0 Å². The van der Waals surface area contributed by atoms with Crippen molar-refractivity contribution in [3.63, 3.8) is 0 Å². The summed E-state index contributed by atoms with van der Waals surface area (Å²) in [7, 11) is 0. The lowest BCUT2D eigenvalue weighted by Crippen LogP contribution is -2.22. The van der Waals surface area contributed by atoms with E-state index in [1.807, 2.05) is 11.6 Å². The van der Waals surface area contributed by atoms with Crippen LogP contribution in [0.5, 0.6) is 0 Å². The second-order valence-electron chi connectivity index (χ2n) is 4.04. The summed E-state index contributed by atoms with van der Waals surface area (Å²) >= 11 is 5.22. The highest BCUT2D eigenvalue weighted by atomic mass is 79.9. The Morgan fingerprint density at radius 2 is 2.00 bits per heavy atom. The standard InChI is InChI=1S/C13H15BrN2S/c1-9(11-5-3-4-6-12(11)14)16-10(2)13-7-17-8-15-13/h3-10,16H,1-2H3/t9-,10?/m0/s1. The number of hydrogen-bond acceptors (Lipinski definition) is 3. The maximum atomic E-state index is 4.33. The Morgan fingerprint density at radius 3 is 2.65 bits per heavy atom. The number of nitrogens with one attached hydrogen (secondary N) is 1. The number of thiazole rings is 1. The Bertz CT molecular complexity index is 470. The quantitative estimate of drug-likeness (QED) is 0.909. The highest BCUT2D eigenvalue weighted by Crippen LogP contribution is 2.25. The van der Waals surface area contributed by atoms with Crippen molar-refractivity contribution in [1.82, 2.24) is 10.3 Å². The Labute approximate surface area is 114 Å². The van der Waals surface area contributed by atoms with E-state index in [-0.39, 0.29) is 6.04 Å². The Balaban J connectivity index is 2.07. The molecule has 0 aliphatic heterocycles. The first-order valence-corrected chi connectivity index (χ1v) is 7.30. The van der Waals surface area contributed by atoms with E-state index in [0.717, 1.165) is 10.2 Å². The minimum atomic E-state index is 0.267. The van der Waals surface area contributed by atoms with Gasteiger partial charge in [0, 0.05) is 21.9 Å². The molecule has 2 aromatic rings. The molecule has 1 heterocycles. The average Bonchev–Trinajstić information content (AvgIpc) is 2.82. The lowest BCUT2D eigenvalue weighted by atomic mass is 10.1. The van der Waals surface area contributed by atoms with Crippen LogP contribution in [0, 0.1) is 0 Å². The van der Waals surface area contributed by atoms with Crippen molar-refractivity contribution in [1.29, 1.82) is 0 Å². The first kappa shape index (κ1) is 12.7. The van der Waals surface area contributed by atoms with E-state index in [0.29, 0.717) is 6.04 Å². The first-order valence-electron chi connectivity index (χ1n) is 5.57. The molecular formula is C13H15BrN2S. The molecule has 2 atom stereocenters. The second kappa shape index (κ2) is 5.76. The molecule has 1 aromatic heterocycles. The van der Waals surface area contributed by atoms with Crippen LogP contribution in [-0.4, -0.2) is 4.98 Å². The van der Waals surface area contributed by atoms with Crippen LogP contribution in [0.2, 0.25) is 0 Å². The van der Waals surface area contributed by atoms with Crippen molar-refractivity contribution in [2.24, 2.45) is 0 Å². The minimum absolute atomic E-state index is 0.267. The highest BCUT2D eigenvalue weighted by Gasteiger charge is 2.13. The third-order valence-corrected chi connectivity index (χ3v) is 4.09. The molecule has 0 aliphatic rings. The van der Waals surface area contributed by atoms with E-state index >= 15 is 0 Å². The van der Waals surface area contributed by atoms with Crippen LogP contribution in [0.15, 0.2) is 39.6 Å². The van der Waals surface area contributed by atoms with Gasteiger partial charge in [0.2, 0.25) is 0 Å². The Morgan fingerprint density at radius 1 is 1.24 bits per heavy atom. The summed E-state index contributed by atoms with van der Waals surface area (Å²) in [5.41, 5.74) is 4.25. The normalized spacial score (nSPS) is 14.5. The number of nitrogens with zero attached hydrogens (tertiary/aromatic N) is 1. The molecule has 0 saturated heterocycles. The highest BCUT2D eigenvalue weighted by molar-refractivity contribution is 9.10. The lowest BCUT2D eigenvalue weighted by molar-refractivity contribution is 0.487. The number of hydrogen-bond donors (Lipinski definition) is 1. The van der Waals surface area contributed by atoms with Crippen LogP contribution in [0.1, 0.15) is 37.2 Å². The van der Waals surface area contributed by atoms with E-state index in [1.165, 1.54) is 5.56 Å². The van der Waals surface area contributed by atoms with Crippen molar-refractivity contribution in [2.45, 2.75) is 25.9 Å². The van der Waals surface area contributed by atoms with Gasteiger partial charge in [-0.05, 0) is 25.5 Å². The van der Waals surface area contributed by atoms with Gasteiger partial charge in [-0.25, -0.2) is 4.98 Å². The van der Waals surface area contributed by atoms with Crippen molar-refractivity contribution in [3.8, 4) is 0 Å². The molecule has 0 amide bonds. The smallest absolute Gasteiger partial charge is 0.0795 e. The van der Waals surface area contributed by atoms with Gasteiger partial charge in [0.25, 0.3) is 0 Å². The summed E-state index contributed by atoms with van der Waals surface area (Å²) in [5, 5.41) is 5.64. The fourth-order valence-electron chi connectivity index (χ4n) is 1.81. The number of halogens is 1. The van der Waals surface area contributed by atoms with Gasteiger partial charge >= 0.3 is 0 Å². The maximum Gasteiger partial charge on any atom is 0.0795 e. The predicted molar refractivity (Wildman–Crippen MR) is 76.2 cm³/mol. The summed E-state index contributed by atoms with van der Waals surface area (Å²) in [6, 6.07) is 8.86. The van der Waals surface area contributed by atoms with E-state index in [2.05, 4.69) is 63.7 Å². The summed E-state index contributed by atoms with van der Waals surface area (Å²) in [6.07, 6.45) is 0. The molecule has 1 N–H and O–H groups in total. The van der Waals surface area contributed by atoms with Gasteiger partial charge in [-0.2, -0.15) is 0 Å². The fraction of sp³-hybridized carbons (Fsp3) is 0.308. The van der Waals surface area contributed by atoms with E-state index in [1.54, 1.807) is 11.3 Å². The van der Waals surface area contributed by atoms with Crippen LogP contribution >= 0.6 is 27.3 Å². The molecule has 1 unspecified atom stereocenters. The molecule has 0 bridgehead atoms. The molecule has 4 heteroatoms. The topological polar surface area (TPSA) is 24.9 Å². The number of aromatic nitrogens is 1. The largest absolute Gasteiger partial charge is 0.302 e. The zero-order valence-electron chi connectivity index (χ0n) is 9.85.